The number of benzene rings is 2. The second-order valence-corrected chi connectivity index (χ2v) is 6.33. The molecule has 0 saturated heterocycles. The highest BCUT2D eigenvalue weighted by Gasteiger charge is 2.18. The van der Waals surface area contributed by atoms with Crippen LogP contribution in [-0.2, 0) is 6.67 Å². The van der Waals surface area contributed by atoms with Gasteiger partial charge in [0, 0.05) is 36.4 Å². The fourth-order valence-electron chi connectivity index (χ4n) is 3.01. The number of nitrogens with zero attached hydrogens (tertiary/aromatic N) is 3. The van der Waals surface area contributed by atoms with E-state index in [4.69, 9.17) is 0 Å². The number of imidazole rings is 1. The lowest BCUT2D eigenvalue weighted by atomic mass is 10.2. The van der Waals surface area contributed by atoms with Gasteiger partial charge < -0.3 is 20.1 Å². The van der Waals surface area contributed by atoms with Crippen molar-refractivity contribution in [1.29, 1.82) is 0 Å². The van der Waals surface area contributed by atoms with Crippen LogP contribution in [0.25, 0.3) is 6.08 Å². The molecule has 0 fully saturated rings. The van der Waals surface area contributed by atoms with Crippen LogP contribution in [0.1, 0.15) is 26.7 Å². The minimum absolute atomic E-state index is 0.133. The largest absolute Gasteiger partial charge is 0.355 e. The molecule has 1 aliphatic rings. The summed E-state index contributed by atoms with van der Waals surface area (Å²) in [6.07, 6.45) is 5.46. The first kappa shape index (κ1) is 17.5. The zero-order chi connectivity index (χ0) is 19.5. The zero-order valence-electron chi connectivity index (χ0n) is 15.3. The van der Waals surface area contributed by atoms with Crippen LogP contribution < -0.4 is 15.5 Å². The molecule has 1 aromatic heterocycles. The Hall–Kier alpha value is -3.87. The molecule has 7 nitrogen and oxygen atoms in total. The second-order valence-electron chi connectivity index (χ2n) is 6.33. The third kappa shape index (κ3) is 3.50. The number of para-hydroxylation sites is 1. The lowest BCUT2D eigenvalue weighted by molar-refractivity contribution is 0.0962. The number of nitrogens with one attached hydrogen (secondary N) is 2. The predicted octanol–water partition coefficient (Wildman–Crippen LogP) is 2.94. The van der Waals surface area contributed by atoms with E-state index in [1.165, 1.54) is 0 Å². The lowest BCUT2D eigenvalue weighted by Crippen LogP contribution is -2.24. The summed E-state index contributed by atoms with van der Waals surface area (Å²) in [6, 6.07) is 16.6. The maximum Gasteiger partial charge on any atom is 0.275 e. The van der Waals surface area contributed by atoms with E-state index < -0.39 is 0 Å². The average molecular weight is 373 g/mol. The standard InChI is InChI=1S/C21H19N5O2/c1-22-20(27)15-6-5-9-17(12-15)25-11-10-19-24-18(13-26(19)14-25)21(28)23-16-7-3-2-4-8-16/h2-13H,14H2,1H3,(H,22,27)(H,23,28). The van der Waals surface area contributed by atoms with Crippen LogP contribution in [0.4, 0.5) is 11.4 Å². The van der Waals surface area contributed by atoms with Gasteiger partial charge in [0.15, 0.2) is 0 Å². The summed E-state index contributed by atoms with van der Waals surface area (Å²) in [4.78, 5) is 30.7. The van der Waals surface area contributed by atoms with Gasteiger partial charge in [-0.25, -0.2) is 4.98 Å². The van der Waals surface area contributed by atoms with Gasteiger partial charge in [-0.1, -0.05) is 24.3 Å². The molecule has 0 spiro atoms. The molecule has 28 heavy (non-hydrogen) atoms. The zero-order valence-corrected chi connectivity index (χ0v) is 15.3. The Kier molecular flexibility index (Phi) is 4.63. The molecule has 1 aliphatic heterocycles. The highest BCUT2D eigenvalue weighted by atomic mass is 16.2. The average Bonchev–Trinajstić information content (AvgIpc) is 3.17. The van der Waals surface area contributed by atoms with Crippen LogP contribution in [0, 0.1) is 0 Å². The van der Waals surface area contributed by atoms with Gasteiger partial charge in [0.05, 0.1) is 0 Å². The fraction of sp³-hybridized carbons (Fsp3) is 0.0952. The number of aromatic nitrogens is 2. The maximum atomic E-state index is 12.5. The summed E-state index contributed by atoms with van der Waals surface area (Å²) >= 11 is 0. The van der Waals surface area contributed by atoms with Gasteiger partial charge >= 0.3 is 0 Å². The minimum Gasteiger partial charge on any atom is -0.355 e. The van der Waals surface area contributed by atoms with E-state index in [0.29, 0.717) is 23.8 Å². The van der Waals surface area contributed by atoms with Gasteiger partial charge in [-0.3, -0.25) is 9.59 Å². The van der Waals surface area contributed by atoms with Crippen LogP contribution in [-0.4, -0.2) is 28.4 Å². The molecular weight excluding hydrogens is 354 g/mol. The summed E-state index contributed by atoms with van der Waals surface area (Å²) in [5, 5.41) is 5.47. The number of fused-ring (bicyclic) bond motifs is 1. The first-order valence-corrected chi connectivity index (χ1v) is 8.84. The quantitative estimate of drug-likeness (QED) is 0.737. The minimum atomic E-state index is -0.255. The van der Waals surface area contributed by atoms with E-state index >= 15 is 0 Å². The number of hydrogen-bond donors (Lipinski definition) is 2. The SMILES string of the molecule is CNC(=O)c1cccc(N2C=Cc3nc(C(=O)Nc4ccccc4)cn3C2)c1. The smallest absolute Gasteiger partial charge is 0.275 e. The fourth-order valence-corrected chi connectivity index (χ4v) is 3.01. The van der Waals surface area contributed by atoms with Crippen LogP contribution in [0.3, 0.4) is 0 Å². The molecule has 2 aromatic carbocycles. The first-order chi connectivity index (χ1) is 13.6. The Balaban J connectivity index is 1.52. The van der Waals surface area contributed by atoms with Gasteiger partial charge in [0.2, 0.25) is 0 Å². The molecular formula is C21H19N5O2. The van der Waals surface area contributed by atoms with Crippen LogP contribution in [0.2, 0.25) is 0 Å². The molecule has 0 atom stereocenters. The number of rotatable bonds is 4. The molecule has 0 radical (unpaired) electrons. The van der Waals surface area contributed by atoms with Crippen LogP contribution >= 0.6 is 0 Å². The summed E-state index contributed by atoms with van der Waals surface area (Å²) < 4.78 is 1.90. The Bertz CT molecular complexity index is 1060. The molecule has 0 bridgehead atoms. The van der Waals surface area contributed by atoms with E-state index in [9.17, 15) is 9.59 Å². The Morgan fingerprint density at radius 3 is 2.64 bits per heavy atom. The van der Waals surface area contributed by atoms with Gasteiger partial charge in [0.25, 0.3) is 11.8 Å². The Labute approximate surface area is 162 Å². The lowest BCUT2D eigenvalue weighted by Gasteiger charge is -2.25. The summed E-state index contributed by atoms with van der Waals surface area (Å²) in [5.74, 6) is 0.317. The molecule has 2 amide bonds. The highest BCUT2D eigenvalue weighted by Crippen LogP contribution is 2.22. The summed E-state index contributed by atoms with van der Waals surface area (Å²) in [5.41, 5.74) is 2.55. The molecule has 2 heterocycles. The van der Waals surface area contributed by atoms with Crippen molar-refractivity contribution in [1.82, 2.24) is 14.9 Å². The van der Waals surface area contributed by atoms with E-state index in [1.807, 2.05) is 70.3 Å². The van der Waals surface area contributed by atoms with Crippen molar-refractivity contribution >= 4 is 29.3 Å². The highest BCUT2D eigenvalue weighted by molar-refractivity contribution is 6.03. The van der Waals surface area contributed by atoms with Gasteiger partial charge in [-0.15, -0.1) is 0 Å². The summed E-state index contributed by atoms with van der Waals surface area (Å²) in [6.45, 7) is 0.495. The van der Waals surface area contributed by atoms with Crippen molar-refractivity contribution in [3.63, 3.8) is 0 Å². The van der Waals surface area contributed by atoms with Crippen molar-refractivity contribution in [3.8, 4) is 0 Å². The van der Waals surface area contributed by atoms with Crippen molar-refractivity contribution in [3.05, 3.63) is 84.1 Å². The van der Waals surface area contributed by atoms with Gasteiger partial charge in [-0.2, -0.15) is 0 Å². The molecule has 0 unspecified atom stereocenters. The predicted molar refractivity (Wildman–Crippen MR) is 108 cm³/mol. The van der Waals surface area contributed by atoms with Gasteiger partial charge in [-0.05, 0) is 36.4 Å². The molecule has 2 N–H and O–H groups in total. The van der Waals surface area contributed by atoms with Crippen molar-refractivity contribution < 1.29 is 9.59 Å². The third-order valence-electron chi connectivity index (χ3n) is 4.45. The van der Waals surface area contributed by atoms with E-state index in [-0.39, 0.29) is 11.8 Å². The van der Waals surface area contributed by atoms with E-state index in [1.54, 1.807) is 19.3 Å². The van der Waals surface area contributed by atoms with E-state index in [0.717, 1.165) is 11.4 Å². The number of carbonyl (C=O) groups is 2. The van der Waals surface area contributed by atoms with Crippen LogP contribution in [0.5, 0.6) is 0 Å². The van der Waals surface area contributed by atoms with Crippen molar-refractivity contribution in [2.24, 2.45) is 0 Å². The number of hydrogen-bond acceptors (Lipinski definition) is 4. The summed E-state index contributed by atoms with van der Waals surface area (Å²) in [7, 11) is 1.61. The van der Waals surface area contributed by atoms with E-state index in [2.05, 4.69) is 15.6 Å². The molecule has 7 heteroatoms. The Morgan fingerprint density at radius 2 is 1.86 bits per heavy atom. The molecule has 4 rings (SSSR count). The van der Waals surface area contributed by atoms with Crippen molar-refractivity contribution in [2.75, 3.05) is 17.3 Å². The van der Waals surface area contributed by atoms with Crippen LogP contribution in [0.15, 0.2) is 67.0 Å². The van der Waals surface area contributed by atoms with Crippen molar-refractivity contribution in [2.45, 2.75) is 6.67 Å². The number of amides is 2. The number of carbonyl (C=O) groups excluding carboxylic acids is 2. The molecule has 0 aliphatic carbocycles. The second kappa shape index (κ2) is 7.40. The third-order valence-corrected chi connectivity index (χ3v) is 4.45. The monoisotopic (exact) mass is 373 g/mol. The molecule has 3 aromatic rings. The molecule has 0 saturated carbocycles. The molecule has 140 valence electrons. The topological polar surface area (TPSA) is 79.3 Å². The normalized spacial score (nSPS) is 12.4. The maximum absolute atomic E-state index is 12.5. The first-order valence-electron chi connectivity index (χ1n) is 8.84. The van der Waals surface area contributed by atoms with Gasteiger partial charge in [0.1, 0.15) is 18.2 Å². The Morgan fingerprint density at radius 1 is 1.04 bits per heavy atom. The number of anilines is 2.